The summed E-state index contributed by atoms with van der Waals surface area (Å²) in [4.78, 5) is 24.7. The van der Waals surface area contributed by atoms with Gasteiger partial charge in [0.2, 0.25) is 0 Å². The number of carbonyl (C=O) groups excluding carboxylic acids is 2. The molecule has 0 aromatic carbocycles. The highest BCUT2D eigenvalue weighted by Gasteiger charge is 2.16. The molecule has 5 heteroatoms. The number of aliphatic hydroxyl groups excluding tert-OH is 1. The zero-order valence-electron chi connectivity index (χ0n) is 56.5. The zero-order valence-corrected chi connectivity index (χ0v) is 56.5. The van der Waals surface area contributed by atoms with Crippen molar-refractivity contribution in [1.29, 1.82) is 0 Å². The summed E-state index contributed by atoms with van der Waals surface area (Å²) in [6.45, 7) is 3.94. The van der Waals surface area contributed by atoms with Gasteiger partial charge in [0.15, 0.2) is 6.10 Å². The molecule has 0 aromatic rings. The Labute approximate surface area is 534 Å². The summed E-state index contributed by atoms with van der Waals surface area (Å²) < 4.78 is 10.8. The van der Waals surface area contributed by atoms with Gasteiger partial charge in [0.25, 0.3) is 0 Å². The van der Waals surface area contributed by atoms with Crippen LogP contribution >= 0.6 is 0 Å². The first-order chi connectivity index (χ1) is 42.6. The van der Waals surface area contributed by atoms with Crippen LogP contribution in [0.3, 0.4) is 0 Å². The van der Waals surface area contributed by atoms with E-state index >= 15 is 0 Å². The van der Waals surface area contributed by atoms with Crippen LogP contribution in [0, 0.1) is 0 Å². The van der Waals surface area contributed by atoms with Crippen molar-refractivity contribution >= 4 is 11.9 Å². The van der Waals surface area contributed by atoms with E-state index in [1.165, 1.54) is 212 Å². The Morgan fingerprint density at radius 2 is 0.465 bits per heavy atom. The zero-order chi connectivity index (χ0) is 61.9. The normalized spacial score (nSPS) is 13.0. The van der Waals surface area contributed by atoms with Crippen molar-refractivity contribution in [3.8, 4) is 0 Å². The van der Waals surface area contributed by atoms with E-state index in [1.807, 2.05) is 0 Å². The van der Waals surface area contributed by atoms with Crippen molar-refractivity contribution in [3.05, 3.63) is 134 Å². The molecule has 0 aliphatic heterocycles. The van der Waals surface area contributed by atoms with Gasteiger partial charge >= 0.3 is 11.9 Å². The molecular formula is C81H138O5. The number of hydrogen-bond acceptors (Lipinski definition) is 5. The molecule has 0 saturated carbocycles. The fourth-order valence-electron chi connectivity index (χ4n) is 10.5. The maximum absolute atomic E-state index is 12.4. The Balaban J connectivity index is 3.44. The minimum Gasteiger partial charge on any atom is -0.462 e. The molecule has 1 unspecified atom stereocenters. The maximum atomic E-state index is 12.4. The molecule has 0 aromatic heterocycles. The topological polar surface area (TPSA) is 72.8 Å². The van der Waals surface area contributed by atoms with Crippen LogP contribution in [-0.4, -0.2) is 36.4 Å². The van der Waals surface area contributed by atoms with Gasteiger partial charge in [-0.25, -0.2) is 0 Å². The van der Waals surface area contributed by atoms with E-state index in [4.69, 9.17) is 9.47 Å². The lowest BCUT2D eigenvalue weighted by Gasteiger charge is -2.15. The van der Waals surface area contributed by atoms with Gasteiger partial charge in [-0.05, 0) is 109 Å². The summed E-state index contributed by atoms with van der Waals surface area (Å²) >= 11 is 0. The van der Waals surface area contributed by atoms with Crippen molar-refractivity contribution in [3.63, 3.8) is 0 Å². The summed E-state index contributed by atoms with van der Waals surface area (Å²) in [6, 6.07) is 0. The molecule has 0 amide bonds. The number of carbonyl (C=O) groups is 2. The van der Waals surface area contributed by atoms with Crippen LogP contribution in [0.4, 0.5) is 0 Å². The fraction of sp³-hybridized carbons (Fsp3) is 0.704. The van der Waals surface area contributed by atoms with Crippen molar-refractivity contribution < 1.29 is 24.2 Å². The lowest BCUT2D eigenvalue weighted by Crippen LogP contribution is -2.28. The molecule has 1 N–H and O–H groups in total. The summed E-state index contributed by atoms with van der Waals surface area (Å²) in [6.07, 6.45) is 112. The van der Waals surface area contributed by atoms with Crippen LogP contribution in [0.25, 0.3) is 0 Å². The standard InChI is InChI=1S/C81H138O5/c1-3-5-7-9-11-13-15-17-19-21-23-25-27-29-31-33-35-36-37-38-39-40-41-42-43-44-46-47-49-51-53-55-57-59-61-63-65-67-69-71-73-75-80(83)85-78-79(77-82)86-81(84)76-74-72-70-68-66-64-62-60-58-56-54-52-50-48-45-34-32-30-28-26-24-22-20-18-16-14-12-10-8-6-4-2/h5-8,11-14,17-20,23-26,29-32,45,48,79,82H,3-4,9-10,15-16,21-22,27-28,33-44,46-47,49-78H2,1-2H3/b7-5-,8-6-,13-11-,14-12-,19-17-,20-18-,25-23-,26-24-,31-29-,32-30-,48-45-. The van der Waals surface area contributed by atoms with Crippen LogP contribution < -0.4 is 0 Å². The molecule has 86 heavy (non-hydrogen) atoms. The predicted molar refractivity (Wildman–Crippen MR) is 380 cm³/mol. The highest BCUT2D eigenvalue weighted by molar-refractivity contribution is 5.70. The second kappa shape index (κ2) is 75.3. The van der Waals surface area contributed by atoms with Gasteiger partial charge in [-0.1, -0.05) is 359 Å². The van der Waals surface area contributed by atoms with E-state index < -0.39 is 6.10 Å². The van der Waals surface area contributed by atoms with Crippen molar-refractivity contribution in [1.82, 2.24) is 0 Å². The Hall–Kier alpha value is -3.96. The first-order valence-electron chi connectivity index (χ1n) is 36.7. The van der Waals surface area contributed by atoms with Crippen LogP contribution in [0.5, 0.6) is 0 Å². The number of rotatable bonds is 67. The molecule has 5 nitrogen and oxygen atoms in total. The molecule has 0 heterocycles. The van der Waals surface area contributed by atoms with Crippen LogP contribution in [0.1, 0.15) is 348 Å². The second-order valence-electron chi connectivity index (χ2n) is 24.3. The smallest absolute Gasteiger partial charge is 0.306 e. The van der Waals surface area contributed by atoms with Gasteiger partial charge in [0.1, 0.15) is 6.61 Å². The number of aliphatic hydroxyl groups is 1. The Kier molecular flexibility index (Phi) is 71.8. The maximum Gasteiger partial charge on any atom is 0.306 e. The van der Waals surface area contributed by atoms with Crippen molar-refractivity contribution in [2.24, 2.45) is 0 Å². The molecule has 492 valence electrons. The van der Waals surface area contributed by atoms with Crippen LogP contribution in [0.15, 0.2) is 134 Å². The Morgan fingerprint density at radius 3 is 0.698 bits per heavy atom. The second-order valence-corrected chi connectivity index (χ2v) is 24.3. The average molecular weight is 1190 g/mol. The summed E-state index contributed by atoms with van der Waals surface area (Å²) in [5.41, 5.74) is 0. The number of hydrogen-bond donors (Lipinski definition) is 1. The molecule has 0 fully saturated rings. The Bertz CT molecular complexity index is 1730. The summed E-state index contributed by atoms with van der Waals surface area (Å²) in [7, 11) is 0. The van der Waals surface area contributed by atoms with E-state index in [0.29, 0.717) is 12.8 Å². The van der Waals surface area contributed by atoms with E-state index in [2.05, 4.69) is 148 Å². The van der Waals surface area contributed by atoms with Crippen molar-refractivity contribution in [2.75, 3.05) is 13.2 Å². The van der Waals surface area contributed by atoms with Gasteiger partial charge in [0.05, 0.1) is 6.61 Å². The van der Waals surface area contributed by atoms with Gasteiger partial charge in [-0.3, -0.25) is 9.59 Å². The quantitative estimate of drug-likeness (QED) is 0.0373. The molecule has 0 radical (unpaired) electrons. The third-order valence-corrected chi connectivity index (χ3v) is 15.9. The van der Waals surface area contributed by atoms with Gasteiger partial charge in [-0.2, -0.15) is 0 Å². The molecule has 0 spiro atoms. The molecule has 0 aliphatic rings. The average Bonchev–Trinajstić information content (AvgIpc) is 3.55. The highest BCUT2D eigenvalue weighted by atomic mass is 16.6. The molecule has 1 atom stereocenters. The first kappa shape index (κ1) is 82.0. The van der Waals surface area contributed by atoms with E-state index in [9.17, 15) is 14.7 Å². The number of allylic oxidation sites excluding steroid dienone is 22. The molecular weight excluding hydrogens is 1050 g/mol. The van der Waals surface area contributed by atoms with Crippen LogP contribution in [-0.2, 0) is 19.1 Å². The molecule has 0 saturated heterocycles. The summed E-state index contributed by atoms with van der Waals surface area (Å²) in [5, 5.41) is 9.71. The lowest BCUT2D eigenvalue weighted by atomic mass is 10.0. The van der Waals surface area contributed by atoms with Gasteiger partial charge in [0, 0.05) is 12.8 Å². The predicted octanol–water partition coefficient (Wildman–Crippen LogP) is 25.9. The minimum atomic E-state index is -0.780. The van der Waals surface area contributed by atoms with E-state index in [1.54, 1.807) is 0 Å². The molecule has 0 rings (SSSR count). The Morgan fingerprint density at radius 1 is 0.267 bits per heavy atom. The number of esters is 2. The van der Waals surface area contributed by atoms with E-state index in [0.717, 1.165) is 109 Å². The molecule has 0 aliphatic carbocycles. The third kappa shape index (κ3) is 72.5. The van der Waals surface area contributed by atoms with Gasteiger partial charge < -0.3 is 14.6 Å². The minimum absolute atomic E-state index is 0.0680. The number of ether oxygens (including phenoxy) is 2. The van der Waals surface area contributed by atoms with Gasteiger partial charge in [-0.15, -0.1) is 0 Å². The highest BCUT2D eigenvalue weighted by Crippen LogP contribution is 2.18. The van der Waals surface area contributed by atoms with Crippen LogP contribution in [0.2, 0.25) is 0 Å². The number of unbranched alkanes of at least 4 members (excludes halogenated alkanes) is 37. The lowest BCUT2D eigenvalue weighted by molar-refractivity contribution is -0.161. The van der Waals surface area contributed by atoms with Crippen molar-refractivity contribution in [2.45, 2.75) is 354 Å². The largest absolute Gasteiger partial charge is 0.462 e. The first-order valence-corrected chi connectivity index (χ1v) is 36.7. The third-order valence-electron chi connectivity index (χ3n) is 15.9. The SMILES string of the molecule is CC/C=C\C/C=C\C/C=C\C/C=C\C/C=C\C/C=C\CCCCCCCCCCCCCCC(=O)OC(CO)COC(=O)CCCCCCCCCCCCCCCCCCCCCCCCCCC/C=C\C/C=C\C/C=C\C/C=C\C/C=C\CC. The molecule has 0 bridgehead atoms. The summed E-state index contributed by atoms with van der Waals surface area (Å²) in [5.74, 6) is -0.583. The van der Waals surface area contributed by atoms with E-state index in [-0.39, 0.29) is 25.2 Å². The fourth-order valence-corrected chi connectivity index (χ4v) is 10.5. The monoisotopic (exact) mass is 1190 g/mol.